The minimum absolute atomic E-state index is 0.209. The standard InChI is InChI=1S/C20H19N3O2S/c1-13-14(2)26-20(23-18(24)16-8-4-3-5-9-16)17(13)19(25)22-12-15-7-6-10-21-11-15/h3-11H,12H2,1-2H3,(H,22,25)(H,23,24). The Bertz CT molecular complexity index is 921. The molecule has 0 atom stereocenters. The fraction of sp³-hybridized carbons (Fsp3) is 0.150. The lowest BCUT2D eigenvalue weighted by molar-refractivity contribution is 0.0951. The van der Waals surface area contributed by atoms with Crippen molar-refractivity contribution >= 4 is 28.2 Å². The largest absolute Gasteiger partial charge is 0.348 e. The summed E-state index contributed by atoms with van der Waals surface area (Å²) in [6.45, 7) is 4.21. The number of amides is 2. The molecule has 0 aliphatic heterocycles. The Balaban J connectivity index is 1.78. The maximum absolute atomic E-state index is 12.7. The zero-order valence-electron chi connectivity index (χ0n) is 14.6. The lowest BCUT2D eigenvalue weighted by Crippen LogP contribution is -2.24. The topological polar surface area (TPSA) is 71.1 Å². The van der Waals surface area contributed by atoms with Crippen LogP contribution < -0.4 is 10.6 Å². The lowest BCUT2D eigenvalue weighted by atomic mass is 10.1. The Labute approximate surface area is 156 Å². The summed E-state index contributed by atoms with van der Waals surface area (Å²) in [6, 6.07) is 12.7. The number of hydrogen-bond acceptors (Lipinski definition) is 4. The summed E-state index contributed by atoms with van der Waals surface area (Å²) in [5.41, 5.74) is 2.86. The third-order valence-electron chi connectivity index (χ3n) is 4.05. The number of aromatic nitrogens is 1. The predicted octanol–water partition coefficient (Wildman–Crippen LogP) is 3.94. The van der Waals surface area contributed by atoms with E-state index < -0.39 is 0 Å². The van der Waals surface area contributed by atoms with E-state index in [2.05, 4.69) is 15.6 Å². The molecule has 6 heteroatoms. The number of anilines is 1. The molecule has 1 aromatic carbocycles. The second-order valence-corrected chi connectivity index (χ2v) is 7.08. The third kappa shape index (κ3) is 3.97. The highest BCUT2D eigenvalue weighted by Gasteiger charge is 2.21. The van der Waals surface area contributed by atoms with Gasteiger partial charge in [-0.05, 0) is 43.2 Å². The number of nitrogens with zero attached hydrogens (tertiary/aromatic N) is 1. The zero-order valence-corrected chi connectivity index (χ0v) is 15.4. The van der Waals surface area contributed by atoms with Crippen LogP contribution in [-0.2, 0) is 6.54 Å². The van der Waals surface area contributed by atoms with E-state index in [0.717, 1.165) is 16.0 Å². The van der Waals surface area contributed by atoms with Crippen LogP contribution in [0.2, 0.25) is 0 Å². The molecule has 0 spiro atoms. The number of rotatable bonds is 5. The van der Waals surface area contributed by atoms with Gasteiger partial charge in [0.1, 0.15) is 5.00 Å². The monoisotopic (exact) mass is 365 g/mol. The van der Waals surface area contributed by atoms with Crippen LogP contribution in [0.15, 0.2) is 54.9 Å². The van der Waals surface area contributed by atoms with Gasteiger partial charge >= 0.3 is 0 Å². The molecule has 0 unspecified atom stereocenters. The average molecular weight is 365 g/mol. The highest BCUT2D eigenvalue weighted by molar-refractivity contribution is 7.16. The van der Waals surface area contributed by atoms with Gasteiger partial charge in [-0.2, -0.15) is 0 Å². The lowest BCUT2D eigenvalue weighted by Gasteiger charge is -2.09. The number of hydrogen-bond donors (Lipinski definition) is 2. The summed E-state index contributed by atoms with van der Waals surface area (Å²) in [6.07, 6.45) is 3.40. The fourth-order valence-corrected chi connectivity index (χ4v) is 3.58. The van der Waals surface area contributed by atoms with Crippen LogP contribution in [0.4, 0.5) is 5.00 Å². The summed E-state index contributed by atoms with van der Waals surface area (Å²) in [4.78, 5) is 30.2. The van der Waals surface area contributed by atoms with Crippen LogP contribution in [0, 0.1) is 13.8 Å². The Morgan fingerprint density at radius 1 is 1.04 bits per heavy atom. The molecule has 0 aliphatic rings. The number of carbonyl (C=O) groups is 2. The van der Waals surface area contributed by atoms with Gasteiger partial charge in [-0.25, -0.2) is 0 Å². The van der Waals surface area contributed by atoms with E-state index in [4.69, 9.17) is 0 Å². The van der Waals surface area contributed by atoms with E-state index in [1.165, 1.54) is 11.3 Å². The van der Waals surface area contributed by atoms with Crippen molar-refractivity contribution in [2.45, 2.75) is 20.4 Å². The minimum atomic E-state index is -0.229. The maximum atomic E-state index is 12.7. The van der Waals surface area contributed by atoms with Gasteiger partial charge in [0.05, 0.1) is 5.56 Å². The molecule has 3 rings (SSSR count). The summed E-state index contributed by atoms with van der Waals surface area (Å²) in [5, 5.41) is 6.34. The molecule has 2 N–H and O–H groups in total. The second-order valence-electron chi connectivity index (χ2n) is 5.85. The van der Waals surface area contributed by atoms with Crippen molar-refractivity contribution in [1.29, 1.82) is 0 Å². The van der Waals surface area contributed by atoms with Crippen molar-refractivity contribution in [3.63, 3.8) is 0 Å². The van der Waals surface area contributed by atoms with Gasteiger partial charge < -0.3 is 10.6 Å². The van der Waals surface area contributed by atoms with Crippen LogP contribution >= 0.6 is 11.3 Å². The summed E-state index contributed by atoms with van der Waals surface area (Å²) < 4.78 is 0. The van der Waals surface area contributed by atoms with E-state index in [-0.39, 0.29) is 11.8 Å². The Kier molecular flexibility index (Phi) is 5.43. The molecule has 0 fully saturated rings. The molecule has 2 heterocycles. The number of carbonyl (C=O) groups excluding carboxylic acids is 2. The van der Waals surface area contributed by atoms with Crippen LogP contribution in [0.3, 0.4) is 0 Å². The molecule has 0 bridgehead atoms. The van der Waals surface area contributed by atoms with Gasteiger partial charge in [0.25, 0.3) is 11.8 Å². The van der Waals surface area contributed by atoms with E-state index in [9.17, 15) is 9.59 Å². The van der Waals surface area contributed by atoms with Gasteiger partial charge in [0, 0.05) is 29.4 Å². The number of pyridine rings is 1. The maximum Gasteiger partial charge on any atom is 0.256 e. The number of aryl methyl sites for hydroxylation is 1. The predicted molar refractivity (Wildman–Crippen MR) is 104 cm³/mol. The van der Waals surface area contributed by atoms with E-state index in [0.29, 0.717) is 22.7 Å². The number of thiophene rings is 1. The van der Waals surface area contributed by atoms with Gasteiger partial charge in [-0.15, -0.1) is 11.3 Å². The van der Waals surface area contributed by atoms with Crippen LogP contribution in [0.5, 0.6) is 0 Å². The molecular weight excluding hydrogens is 346 g/mol. The van der Waals surface area contributed by atoms with Crippen LogP contribution in [-0.4, -0.2) is 16.8 Å². The number of benzene rings is 1. The molecule has 132 valence electrons. The van der Waals surface area contributed by atoms with Crippen LogP contribution in [0.25, 0.3) is 0 Å². The summed E-state index contributed by atoms with van der Waals surface area (Å²) in [5.74, 6) is -0.438. The van der Waals surface area contributed by atoms with Crippen LogP contribution in [0.1, 0.15) is 36.7 Å². The SMILES string of the molecule is Cc1sc(NC(=O)c2ccccc2)c(C(=O)NCc2cccnc2)c1C. The van der Waals surface area contributed by atoms with Crippen molar-refractivity contribution in [3.8, 4) is 0 Å². The third-order valence-corrected chi connectivity index (χ3v) is 5.17. The number of nitrogens with one attached hydrogen (secondary N) is 2. The Morgan fingerprint density at radius 2 is 1.81 bits per heavy atom. The fourth-order valence-electron chi connectivity index (χ4n) is 2.53. The van der Waals surface area contributed by atoms with Crippen molar-refractivity contribution in [3.05, 3.63) is 82.0 Å². The molecule has 3 aromatic rings. The second kappa shape index (κ2) is 7.93. The Morgan fingerprint density at radius 3 is 2.50 bits per heavy atom. The first kappa shape index (κ1) is 17.8. The summed E-state index contributed by atoms with van der Waals surface area (Å²) in [7, 11) is 0. The average Bonchev–Trinajstić information content (AvgIpc) is 2.95. The molecule has 0 saturated heterocycles. The zero-order chi connectivity index (χ0) is 18.5. The van der Waals surface area contributed by atoms with Gasteiger partial charge in [0.2, 0.25) is 0 Å². The van der Waals surface area contributed by atoms with E-state index in [1.807, 2.05) is 32.0 Å². The molecule has 0 radical (unpaired) electrons. The highest BCUT2D eigenvalue weighted by atomic mass is 32.1. The van der Waals surface area contributed by atoms with Gasteiger partial charge in [0.15, 0.2) is 0 Å². The summed E-state index contributed by atoms with van der Waals surface area (Å²) >= 11 is 1.41. The van der Waals surface area contributed by atoms with Crippen molar-refractivity contribution in [1.82, 2.24) is 10.3 Å². The first-order chi connectivity index (χ1) is 12.6. The van der Waals surface area contributed by atoms with E-state index in [1.54, 1.807) is 36.7 Å². The normalized spacial score (nSPS) is 10.4. The smallest absolute Gasteiger partial charge is 0.256 e. The van der Waals surface area contributed by atoms with Crippen molar-refractivity contribution < 1.29 is 9.59 Å². The molecule has 2 aromatic heterocycles. The first-order valence-electron chi connectivity index (χ1n) is 8.19. The minimum Gasteiger partial charge on any atom is -0.348 e. The molecular formula is C20H19N3O2S. The van der Waals surface area contributed by atoms with Crippen molar-refractivity contribution in [2.75, 3.05) is 5.32 Å². The molecule has 0 aliphatic carbocycles. The molecule has 2 amide bonds. The van der Waals surface area contributed by atoms with Gasteiger partial charge in [-0.1, -0.05) is 24.3 Å². The Hall–Kier alpha value is -2.99. The highest BCUT2D eigenvalue weighted by Crippen LogP contribution is 2.32. The molecule has 26 heavy (non-hydrogen) atoms. The van der Waals surface area contributed by atoms with E-state index >= 15 is 0 Å². The molecule has 5 nitrogen and oxygen atoms in total. The van der Waals surface area contributed by atoms with Gasteiger partial charge in [-0.3, -0.25) is 14.6 Å². The quantitative estimate of drug-likeness (QED) is 0.719. The van der Waals surface area contributed by atoms with Crippen molar-refractivity contribution in [2.24, 2.45) is 0 Å². The first-order valence-corrected chi connectivity index (χ1v) is 9.01. The molecule has 0 saturated carbocycles.